The standard InChI is InChI=1S/C20H28ClN3O/c21-18-8-4-5-9-19(18)24-14-12-23(13-15-24)16-20(25)22-11-10-17-6-2-1-3-7-17/h4-6,8-9H,1-3,7,10-16H2,(H,22,25). The number of carbonyl (C=O) groups excluding carboxylic acids is 1. The van der Waals surface area contributed by atoms with Crippen molar-refractivity contribution < 1.29 is 4.79 Å². The summed E-state index contributed by atoms with van der Waals surface area (Å²) in [4.78, 5) is 16.7. The Labute approximate surface area is 155 Å². The summed E-state index contributed by atoms with van der Waals surface area (Å²) < 4.78 is 0. The number of hydrogen-bond donors (Lipinski definition) is 1. The Morgan fingerprint density at radius 1 is 1.12 bits per heavy atom. The molecule has 0 unspecified atom stereocenters. The second-order valence-electron chi connectivity index (χ2n) is 6.92. The summed E-state index contributed by atoms with van der Waals surface area (Å²) in [6.07, 6.45) is 8.39. The van der Waals surface area contributed by atoms with E-state index in [1.54, 1.807) is 0 Å². The van der Waals surface area contributed by atoms with Crippen LogP contribution >= 0.6 is 11.6 Å². The van der Waals surface area contributed by atoms with Crippen LogP contribution in [0.15, 0.2) is 35.9 Å². The Morgan fingerprint density at radius 3 is 2.64 bits per heavy atom. The Morgan fingerprint density at radius 2 is 1.92 bits per heavy atom. The third kappa shape index (κ3) is 5.48. The van der Waals surface area contributed by atoms with E-state index in [0.29, 0.717) is 6.54 Å². The minimum absolute atomic E-state index is 0.141. The van der Waals surface area contributed by atoms with Crippen LogP contribution in [0.3, 0.4) is 0 Å². The molecule has 136 valence electrons. The molecule has 0 radical (unpaired) electrons. The van der Waals surface area contributed by atoms with Crippen LogP contribution in [0.4, 0.5) is 5.69 Å². The molecule has 1 heterocycles. The van der Waals surface area contributed by atoms with Crippen molar-refractivity contribution in [1.29, 1.82) is 0 Å². The number of amides is 1. The number of benzene rings is 1. The lowest BCUT2D eigenvalue weighted by atomic mass is 9.97. The quantitative estimate of drug-likeness (QED) is 0.788. The number of nitrogens with one attached hydrogen (secondary N) is 1. The molecule has 1 N–H and O–H groups in total. The average molecular weight is 362 g/mol. The van der Waals surface area contributed by atoms with Crippen molar-refractivity contribution >= 4 is 23.2 Å². The van der Waals surface area contributed by atoms with E-state index in [4.69, 9.17) is 11.6 Å². The third-order valence-electron chi connectivity index (χ3n) is 5.09. The van der Waals surface area contributed by atoms with Gasteiger partial charge in [0.25, 0.3) is 0 Å². The highest BCUT2D eigenvalue weighted by Gasteiger charge is 2.20. The molecule has 1 saturated heterocycles. The SMILES string of the molecule is O=C(CN1CCN(c2ccccc2Cl)CC1)NCCC1=CCCCC1. The summed E-state index contributed by atoms with van der Waals surface area (Å²) in [7, 11) is 0. The molecular weight excluding hydrogens is 334 g/mol. The number of para-hydroxylation sites is 1. The van der Waals surface area contributed by atoms with Crippen LogP contribution in [0.1, 0.15) is 32.1 Å². The summed E-state index contributed by atoms with van der Waals surface area (Å²) in [5.41, 5.74) is 2.61. The summed E-state index contributed by atoms with van der Waals surface area (Å²) in [6.45, 7) is 4.86. The maximum absolute atomic E-state index is 12.2. The van der Waals surface area contributed by atoms with E-state index in [-0.39, 0.29) is 5.91 Å². The van der Waals surface area contributed by atoms with E-state index in [9.17, 15) is 4.79 Å². The second-order valence-corrected chi connectivity index (χ2v) is 7.33. The first-order chi connectivity index (χ1) is 12.2. The van der Waals surface area contributed by atoms with E-state index >= 15 is 0 Å². The first-order valence-electron chi connectivity index (χ1n) is 9.39. The smallest absolute Gasteiger partial charge is 0.234 e. The van der Waals surface area contributed by atoms with Crippen LogP contribution in [0.25, 0.3) is 0 Å². The molecular formula is C20H28ClN3O. The minimum Gasteiger partial charge on any atom is -0.368 e. The molecule has 1 aliphatic heterocycles. The van der Waals surface area contributed by atoms with Crippen LogP contribution in [0, 0.1) is 0 Å². The molecule has 5 heteroatoms. The van der Waals surface area contributed by atoms with Crippen LogP contribution in [-0.4, -0.2) is 50.1 Å². The van der Waals surface area contributed by atoms with Crippen molar-refractivity contribution in [2.75, 3.05) is 44.2 Å². The molecule has 0 aromatic heterocycles. The molecule has 0 bridgehead atoms. The first kappa shape index (κ1) is 18.3. The number of halogens is 1. The van der Waals surface area contributed by atoms with Gasteiger partial charge in [0.1, 0.15) is 0 Å². The Bertz CT molecular complexity index is 609. The topological polar surface area (TPSA) is 35.6 Å². The van der Waals surface area contributed by atoms with Gasteiger partial charge in [-0.1, -0.05) is 35.4 Å². The Balaban J connectivity index is 1.36. The minimum atomic E-state index is 0.141. The van der Waals surface area contributed by atoms with Crippen molar-refractivity contribution in [3.63, 3.8) is 0 Å². The fraction of sp³-hybridized carbons (Fsp3) is 0.550. The highest BCUT2D eigenvalue weighted by atomic mass is 35.5. The zero-order valence-corrected chi connectivity index (χ0v) is 15.6. The third-order valence-corrected chi connectivity index (χ3v) is 5.41. The number of allylic oxidation sites excluding steroid dienone is 1. The van der Waals surface area contributed by atoms with E-state index in [1.807, 2.05) is 18.2 Å². The predicted octanol–water partition coefficient (Wildman–Crippen LogP) is 3.47. The lowest BCUT2D eigenvalue weighted by molar-refractivity contribution is -0.122. The van der Waals surface area contributed by atoms with Crippen molar-refractivity contribution in [2.24, 2.45) is 0 Å². The van der Waals surface area contributed by atoms with Gasteiger partial charge in [0.05, 0.1) is 17.3 Å². The normalized spacial score (nSPS) is 18.8. The second kappa shape index (κ2) is 9.25. The molecule has 1 fully saturated rings. The van der Waals surface area contributed by atoms with Gasteiger partial charge in [-0.2, -0.15) is 0 Å². The zero-order valence-electron chi connectivity index (χ0n) is 14.8. The number of piperazine rings is 1. The predicted molar refractivity (Wildman–Crippen MR) is 104 cm³/mol. The van der Waals surface area contributed by atoms with E-state index in [2.05, 4.69) is 27.3 Å². The summed E-state index contributed by atoms with van der Waals surface area (Å²) >= 11 is 6.28. The fourth-order valence-electron chi connectivity index (χ4n) is 3.61. The van der Waals surface area contributed by atoms with Gasteiger partial charge in [0.2, 0.25) is 5.91 Å². The molecule has 2 aliphatic rings. The van der Waals surface area contributed by atoms with Gasteiger partial charge < -0.3 is 10.2 Å². The molecule has 1 amide bonds. The monoisotopic (exact) mass is 361 g/mol. The van der Waals surface area contributed by atoms with Crippen molar-refractivity contribution in [2.45, 2.75) is 32.1 Å². The molecule has 0 saturated carbocycles. The van der Waals surface area contributed by atoms with Gasteiger partial charge in [-0.25, -0.2) is 0 Å². The van der Waals surface area contributed by atoms with Gasteiger partial charge in [-0.05, 0) is 44.2 Å². The van der Waals surface area contributed by atoms with Gasteiger partial charge in [-0.3, -0.25) is 9.69 Å². The first-order valence-corrected chi connectivity index (χ1v) is 9.76. The summed E-state index contributed by atoms with van der Waals surface area (Å²) in [6, 6.07) is 7.96. The number of nitrogens with zero attached hydrogens (tertiary/aromatic N) is 2. The van der Waals surface area contributed by atoms with E-state index < -0.39 is 0 Å². The van der Waals surface area contributed by atoms with Crippen LogP contribution in [0.5, 0.6) is 0 Å². The number of carbonyl (C=O) groups is 1. The van der Waals surface area contributed by atoms with Gasteiger partial charge >= 0.3 is 0 Å². The van der Waals surface area contributed by atoms with Crippen LogP contribution in [0.2, 0.25) is 5.02 Å². The highest BCUT2D eigenvalue weighted by molar-refractivity contribution is 6.33. The van der Waals surface area contributed by atoms with Gasteiger partial charge in [0.15, 0.2) is 0 Å². The molecule has 0 spiro atoms. The van der Waals surface area contributed by atoms with E-state index in [1.165, 1.54) is 31.3 Å². The van der Waals surface area contributed by atoms with Crippen LogP contribution in [-0.2, 0) is 4.79 Å². The Kier molecular flexibility index (Phi) is 6.76. The molecule has 3 rings (SSSR count). The van der Waals surface area contributed by atoms with Crippen molar-refractivity contribution in [1.82, 2.24) is 10.2 Å². The lowest BCUT2D eigenvalue weighted by Gasteiger charge is -2.36. The molecule has 0 atom stereocenters. The highest BCUT2D eigenvalue weighted by Crippen LogP contribution is 2.26. The average Bonchev–Trinajstić information content (AvgIpc) is 2.64. The molecule has 1 aliphatic carbocycles. The fourth-order valence-corrected chi connectivity index (χ4v) is 3.86. The lowest BCUT2D eigenvalue weighted by Crippen LogP contribution is -2.49. The largest absolute Gasteiger partial charge is 0.368 e. The maximum Gasteiger partial charge on any atom is 0.234 e. The van der Waals surface area contributed by atoms with E-state index in [0.717, 1.165) is 49.9 Å². The maximum atomic E-state index is 12.2. The molecule has 25 heavy (non-hydrogen) atoms. The molecule has 1 aromatic rings. The van der Waals surface area contributed by atoms with Crippen molar-refractivity contribution in [3.05, 3.63) is 40.9 Å². The van der Waals surface area contributed by atoms with Gasteiger partial charge in [0, 0.05) is 32.7 Å². The number of anilines is 1. The summed E-state index contributed by atoms with van der Waals surface area (Å²) in [5, 5.41) is 3.87. The zero-order chi connectivity index (χ0) is 17.5. The molecule has 4 nitrogen and oxygen atoms in total. The van der Waals surface area contributed by atoms with Gasteiger partial charge in [-0.15, -0.1) is 0 Å². The number of rotatable bonds is 6. The molecule has 1 aromatic carbocycles. The van der Waals surface area contributed by atoms with Crippen molar-refractivity contribution in [3.8, 4) is 0 Å². The van der Waals surface area contributed by atoms with Crippen LogP contribution < -0.4 is 10.2 Å². The summed E-state index contributed by atoms with van der Waals surface area (Å²) in [5.74, 6) is 0.141. The number of hydrogen-bond acceptors (Lipinski definition) is 3. The Hall–Kier alpha value is -1.52.